The predicted molar refractivity (Wildman–Crippen MR) is 167 cm³/mol. The number of aryl methyl sites for hydroxylation is 1. The van der Waals surface area contributed by atoms with Crippen LogP contribution in [0.1, 0.15) is 77.6 Å². The second-order valence-corrected chi connectivity index (χ2v) is 13.6. The average Bonchev–Trinajstić information content (AvgIpc) is 2.98. The molecule has 4 rings (SSSR count). The average molecular weight is 640 g/mol. The van der Waals surface area contributed by atoms with E-state index in [0.717, 1.165) is 29.7 Å². The SMILES string of the molecule is CC(C)(C)OC(=O)C(CCn1nnc2ccc(F)cc2c1=O)(CC(=O)c1ccc(OCC2CCOCC2)cc1)C(=O)OC(C)(C)C. The molecule has 0 bridgehead atoms. The van der Waals surface area contributed by atoms with Crippen molar-refractivity contribution in [3.05, 3.63) is 64.2 Å². The highest BCUT2D eigenvalue weighted by atomic mass is 19.1. The number of fused-ring (bicyclic) bond motifs is 1. The Morgan fingerprint density at radius 2 is 1.54 bits per heavy atom. The van der Waals surface area contributed by atoms with E-state index >= 15 is 0 Å². The zero-order valence-corrected chi connectivity index (χ0v) is 27.3. The second kappa shape index (κ2) is 14.1. The fourth-order valence-electron chi connectivity index (χ4n) is 5.00. The van der Waals surface area contributed by atoms with Crippen molar-refractivity contribution in [2.75, 3.05) is 19.8 Å². The van der Waals surface area contributed by atoms with Crippen LogP contribution in [0, 0.1) is 17.2 Å². The molecule has 3 aromatic rings. The van der Waals surface area contributed by atoms with Crippen LogP contribution in [0.4, 0.5) is 4.39 Å². The molecule has 12 heteroatoms. The van der Waals surface area contributed by atoms with Crippen molar-refractivity contribution in [2.24, 2.45) is 11.3 Å². The lowest BCUT2D eigenvalue weighted by Gasteiger charge is -2.34. The summed E-state index contributed by atoms with van der Waals surface area (Å²) in [5.74, 6) is -2.14. The number of aromatic nitrogens is 3. The Balaban J connectivity index is 1.66. The number of halogens is 1. The van der Waals surface area contributed by atoms with Gasteiger partial charge >= 0.3 is 11.9 Å². The van der Waals surface area contributed by atoms with Gasteiger partial charge in [0.1, 0.15) is 28.3 Å². The third-order valence-corrected chi connectivity index (χ3v) is 7.48. The maximum absolute atomic E-state index is 14.0. The van der Waals surface area contributed by atoms with Gasteiger partial charge < -0.3 is 18.9 Å². The Bertz CT molecular complexity index is 1590. The monoisotopic (exact) mass is 639 g/mol. The maximum atomic E-state index is 14.0. The topological polar surface area (TPSA) is 136 Å². The van der Waals surface area contributed by atoms with E-state index in [9.17, 15) is 23.6 Å². The first-order valence-corrected chi connectivity index (χ1v) is 15.4. The van der Waals surface area contributed by atoms with Crippen LogP contribution >= 0.6 is 0 Å². The standard InChI is InChI=1S/C34H42FN3O8/c1-32(2,3)45-30(41)34(31(42)46-33(4,5)6,15-16-38-29(40)26-19-24(35)9-12-27(26)36-37-38)20-28(39)23-7-10-25(11-8-23)44-21-22-13-17-43-18-14-22/h7-12,19,22H,13-18,20-21H2,1-6H3. The molecular formula is C34H42FN3O8. The minimum Gasteiger partial charge on any atom is -0.493 e. The van der Waals surface area contributed by atoms with Crippen molar-refractivity contribution in [3.63, 3.8) is 0 Å². The summed E-state index contributed by atoms with van der Waals surface area (Å²) in [4.78, 5) is 54.9. The van der Waals surface area contributed by atoms with Gasteiger partial charge in [0.25, 0.3) is 5.56 Å². The molecule has 0 amide bonds. The van der Waals surface area contributed by atoms with Crippen LogP contribution in [0.2, 0.25) is 0 Å². The molecule has 0 saturated carbocycles. The van der Waals surface area contributed by atoms with E-state index in [-0.39, 0.29) is 29.4 Å². The number of hydrogen-bond donors (Lipinski definition) is 0. The van der Waals surface area contributed by atoms with Crippen LogP contribution in [-0.4, -0.2) is 63.7 Å². The van der Waals surface area contributed by atoms with Crippen molar-refractivity contribution in [1.82, 2.24) is 15.0 Å². The maximum Gasteiger partial charge on any atom is 0.324 e. The van der Waals surface area contributed by atoms with E-state index in [1.165, 1.54) is 6.07 Å². The summed E-state index contributed by atoms with van der Waals surface area (Å²) in [5.41, 5.74) is -4.44. The molecule has 0 unspecified atom stereocenters. The third kappa shape index (κ3) is 8.96. The smallest absolute Gasteiger partial charge is 0.324 e. The van der Waals surface area contributed by atoms with Gasteiger partial charge in [0.2, 0.25) is 0 Å². The minimum atomic E-state index is -2.16. The molecule has 0 atom stereocenters. The summed E-state index contributed by atoms with van der Waals surface area (Å²) in [5, 5.41) is 7.89. The first-order valence-electron chi connectivity index (χ1n) is 15.4. The quantitative estimate of drug-likeness (QED) is 0.159. The van der Waals surface area contributed by atoms with Gasteiger partial charge in [-0.05, 0) is 109 Å². The molecule has 1 aliphatic heterocycles. The number of ether oxygens (including phenoxy) is 4. The molecule has 1 aromatic heterocycles. The van der Waals surface area contributed by atoms with E-state index in [4.69, 9.17) is 18.9 Å². The van der Waals surface area contributed by atoms with Gasteiger partial charge in [0.15, 0.2) is 11.2 Å². The molecule has 0 spiro atoms. The van der Waals surface area contributed by atoms with Crippen LogP contribution in [0.3, 0.4) is 0 Å². The number of carbonyl (C=O) groups is 3. The second-order valence-electron chi connectivity index (χ2n) is 13.6. The van der Waals surface area contributed by atoms with E-state index in [2.05, 4.69) is 10.3 Å². The van der Waals surface area contributed by atoms with Crippen molar-refractivity contribution >= 4 is 28.6 Å². The third-order valence-electron chi connectivity index (χ3n) is 7.48. The lowest BCUT2D eigenvalue weighted by Crippen LogP contribution is -2.49. The number of rotatable bonds is 11. The zero-order chi connectivity index (χ0) is 33.7. The van der Waals surface area contributed by atoms with Gasteiger partial charge in [-0.25, -0.2) is 9.07 Å². The van der Waals surface area contributed by atoms with Crippen LogP contribution in [0.15, 0.2) is 47.3 Å². The fourth-order valence-corrected chi connectivity index (χ4v) is 5.00. The van der Waals surface area contributed by atoms with Gasteiger partial charge in [0.05, 0.1) is 12.0 Å². The minimum absolute atomic E-state index is 0.0228. The Hall–Kier alpha value is -4.19. The van der Waals surface area contributed by atoms with Crippen molar-refractivity contribution < 1.29 is 37.7 Å². The Morgan fingerprint density at radius 3 is 2.13 bits per heavy atom. The van der Waals surface area contributed by atoms with Crippen LogP contribution in [0.25, 0.3) is 10.9 Å². The number of Topliss-reactive ketones (excluding diaryl/α,β-unsaturated/α-hetero) is 1. The molecule has 0 radical (unpaired) electrons. The molecule has 0 aliphatic carbocycles. The lowest BCUT2D eigenvalue weighted by molar-refractivity contribution is -0.186. The first kappa shape index (κ1) is 34.7. The highest BCUT2D eigenvalue weighted by molar-refractivity contribution is 6.07. The summed E-state index contributed by atoms with van der Waals surface area (Å²) in [6, 6.07) is 10.0. The van der Waals surface area contributed by atoms with E-state index < -0.39 is 52.1 Å². The fraction of sp³-hybridized carbons (Fsp3) is 0.529. The Kier molecular flexibility index (Phi) is 10.6. The highest BCUT2D eigenvalue weighted by Crippen LogP contribution is 2.36. The Labute approximate surface area is 267 Å². The predicted octanol–water partition coefficient (Wildman–Crippen LogP) is 5.07. The van der Waals surface area contributed by atoms with Gasteiger partial charge in [-0.3, -0.25) is 19.2 Å². The van der Waals surface area contributed by atoms with E-state index in [1.807, 2.05) is 0 Å². The van der Waals surface area contributed by atoms with Gasteiger partial charge in [-0.1, -0.05) is 5.21 Å². The molecule has 248 valence electrons. The molecule has 11 nitrogen and oxygen atoms in total. The van der Waals surface area contributed by atoms with Gasteiger partial charge in [0, 0.05) is 31.7 Å². The lowest BCUT2D eigenvalue weighted by atomic mass is 9.78. The van der Waals surface area contributed by atoms with Crippen molar-refractivity contribution in [1.29, 1.82) is 0 Å². The highest BCUT2D eigenvalue weighted by Gasteiger charge is 2.52. The summed E-state index contributed by atoms with van der Waals surface area (Å²) < 4.78 is 37.6. The molecule has 2 aromatic carbocycles. The first-order chi connectivity index (χ1) is 21.6. The number of carbonyl (C=O) groups excluding carboxylic acids is 3. The van der Waals surface area contributed by atoms with E-state index in [1.54, 1.807) is 65.8 Å². The molecule has 2 heterocycles. The number of hydrogen-bond acceptors (Lipinski definition) is 10. The van der Waals surface area contributed by atoms with Crippen LogP contribution < -0.4 is 10.3 Å². The molecule has 1 saturated heterocycles. The summed E-state index contributed by atoms with van der Waals surface area (Å²) in [7, 11) is 0. The van der Waals surface area contributed by atoms with Gasteiger partial charge in [-0.2, -0.15) is 0 Å². The summed E-state index contributed by atoms with van der Waals surface area (Å²) in [6.45, 7) is 11.5. The normalized spacial score (nSPS) is 14.6. The van der Waals surface area contributed by atoms with Crippen LogP contribution in [-0.2, 0) is 30.3 Å². The number of benzene rings is 2. The number of ketones is 1. The number of esters is 2. The van der Waals surface area contributed by atoms with Crippen LogP contribution in [0.5, 0.6) is 5.75 Å². The molecule has 1 aliphatic rings. The Morgan fingerprint density at radius 1 is 0.935 bits per heavy atom. The zero-order valence-electron chi connectivity index (χ0n) is 27.3. The molecule has 46 heavy (non-hydrogen) atoms. The van der Waals surface area contributed by atoms with Crippen molar-refractivity contribution in [3.8, 4) is 5.75 Å². The number of nitrogens with zero attached hydrogens (tertiary/aromatic N) is 3. The molecule has 0 N–H and O–H groups in total. The summed E-state index contributed by atoms with van der Waals surface area (Å²) in [6.07, 6.45) is 0.845. The van der Waals surface area contributed by atoms with Crippen molar-refractivity contribution in [2.45, 2.75) is 85.0 Å². The molecular weight excluding hydrogens is 597 g/mol. The summed E-state index contributed by atoms with van der Waals surface area (Å²) >= 11 is 0. The largest absolute Gasteiger partial charge is 0.493 e. The van der Waals surface area contributed by atoms with Gasteiger partial charge in [-0.15, -0.1) is 5.10 Å². The molecule has 1 fully saturated rings. The van der Waals surface area contributed by atoms with E-state index in [0.29, 0.717) is 31.5 Å².